The number of para-hydroxylation sites is 1. The second-order valence-corrected chi connectivity index (χ2v) is 11.9. The van der Waals surface area contributed by atoms with Gasteiger partial charge in [-0.15, -0.1) is 10.2 Å². The van der Waals surface area contributed by atoms with Crippen molar-refractivity contribution in [2.75, 3.05) is 42.7 Å². The van der Waals surface area contributed by atoms with Gasteiger partial charge in [0.1, 0.15) is 11.8 Å². The minimum absolute atomic E-state index is 0.00334. The van der Waals surface area contributed by atoms with E-state index in [2.05, 4.69) is 36.0 Å². The molecule has 1 saturated heterocycles. The number of benzene rings is 1. The van der Waals surface area contributed by atoms with E-state index in [0.29, 0.717) is 31.0 Å². The number of carbonyl (C=O) groups is 2. The molecule has 15 heteroatoms. The Hall–Kier alpha value is -5.22. The zero-order chi connectivity index (χ0) is 32.2. The predicted molar refractivity (Wildman–Crippen MR) is 173 cm³/mol. The first-order valence-corrected chi connectivity index (χ1v) is 15.0. The molecule has 2 fully saturated rings. The number of pyridine rings is 1. The molecule has 2 amide bonds. The second-order valence-electron chi connectivity index (χ2n) is 11.9. The van der Waals surface area contributed by atoms with Crippen LogP contribution >= 0.6 is 0 Å². The van der Waals surface area contributed by atoms with Crippen LogP contribution in [0.4, 0.5) is 22.9 Å². The number of anilines is 4. The van der Waals surface area contributed by atoms with Gasteiger partial charge >= 0.3 is 0 Å². The molecule has 3 aliphatic rings. The summed E-state index contributed by atoms with van der Waals surface area (Å²) in [6.07, 6.45) is 3.59. The van der Waals surface area contributed by atoms with Crippen LogP contribution in [-0.2, 0) is 16.7 Å². The number of nitrogens with zero attached hydrogens (tertiary/aromatic N) is 8. The van der Waals surface area contributed by atoms with Crippen molar-refractivity contribution in [3.8, 4) is 17.2 Å². The molecular formula is C31H29B2N11O2. The molecule has 46 heavy (non-hydrogen) atoms. The van der Waals surface area contributed by atoms with E-state index in [4.69, 9.17) is 20.8 Å². The van der Waals surface area contributed by atoms with Crippen LogP contribution in [0.1, 0.15) is 46.5 Å². The summed E-state index contributed by atoms with van der Waals surface area (Å²) in [5, 5.41) is 29.7. The van der Waals surface area contributed by atoms with Gasteiger partial charge in [0.25, 0.3) is 5.91 Å². The van der Waals surface area contributed by atoms with Crippen molar-refractivity contribution >= 4 is 50.4 Å². The topological polar surface area (TPSA) is 157 Å². The molecule has 0 atom stereocenters. The summed E-state index contributed by atoms with van der Waals surface area (Å²) < 4.78 is 2.03. The summed E-state index contributed by atoms with van der Waals surface area (Å²) in [4.78, 5) is 33.4. The maximum Gasteiger partial charge on any atom is 0.273 e. The van der Waals surface area contributed by atoms with E-state index < -0.39 is 11.2 Å². The van der Waals surface area contributed by atoms with Crippen molar-refractivity contribution in [3.63, 3.8) is 0 Å². The zero-order valence-corrected chi connectivity index (χ0v) is 25.4. The van der Waals surface area contributed by atoms with Gasteiger partial charge in [0.05, 0.1) is 57.2 Å². The van der Waals surface area contributed by atoms with Crippen LogP contribution < -0.4 is 20.9 Å². The maximum atomic E-state index is 12.7. The molecule has 2 aliphatic heterocycles. The quantitative estimate of drug-likeness (QED) is 0.253. The van der Waals surface area contributed by atoms with Crippen LogP contribution in [0.25, 0.3) is 11.1 Å². The highest BCUT2D eigenvalue weighted by molar-refractivity contribution is 6.39. The van der Waals surface area contributed by atoms with Crippen LogP contribution in [0.5, 0.6) is 0 Å². The minimum Gasteiger partial charge on any atom is -0.366 e. The fraction of sp³-hybridized carbons (Fsp3) is 0.323. The van der Waals surface area contributed by atoms with E-state index in [1.807, 2.05) is 47.1 Å². The lowest BCUT2D eigenvalue weighted by molar-refractivity contribution is -0.117. The van der Waals surface area contributed by atoms with Gasteiger partial charge in [0.2, 0.25) is 5.91 Å². The molecule has 1 aliphatic carbocycles. The number of hydrogen-bond acceptors (Lipinski definition) is 10. The van der Waals surface area contributed by atoms with Crippen LogP contribution in [0.2, 0.25) is 0 Å². The van der Waals surface area contributed by atoms with Gasteiger partial charge in [-0.05, 0) is 36.4 Å². The van der Waals surface area contributed by atoms with Gasteiger partial charge in [-0.3, -0.25) is 14.3 Å². The van der Waals surface area contributed by atoms with Crippen LogP contribution in [0, 0.1) is 17.2 Å². The summed E-state index contributed by atoms with van der Waals surface area (Å²) >= 11 is 0. The highest BCUT2D eigenvalue weighted by Crippen LogP contribution is 2.45. The molecule has 0 bridgehead atoms. The number of amides is 2. The monoisotopic (exact) mass is 609 g/mol. The Morgan fingerprint density at radius 2 is 1.85 bits per heavy atom. The van der Waals surface area contributed by atoms with E-state index in [9.17, 15) is 14.9 Å². The Morgan fingerprint density at radius 1 is 1.07 bits per heavy atom. The number of hydrogen-bond donors (Lipinski definition) is 3. The Balaban J connectivity index is 1.15. The number of rotatable bonds is 8. The lowest BCUT2D eigenvalue weighted by Gasteiger charge is -2.50. The van der Waals surface area contributed by atoms with Crippen LogP contribution in [0.3, 0.4) is 0 Å². The number of nitrogens with one attached hydrogen (secondary N) is 3. The lowest BCUT2D eigenvalue weighted by Crippen LogP contribution is -2.60. The maximum absolute atomic E-state index is 12.7. The molecule has 4 radical (unpaired) electrons. The number of carbonyl (C=O) groups excluding carboxylic acids is 2. The standard InChI is InChI=1S/C31H29B2N11O2/c1-35-30(46)27-23(11-26(40-41-27)39-29(45)17-9-10-17)38-22-7-4-6-20-21-13-36-44(24(21)16-42(2)28(20)22)19-14-43(15-19)31(32,33)25-8-3-5-18(12-34)37-25/h3-8,11,13,17,19H,9-10,14-16H2,1-2H3,(H,35,46)(H2,38,39,40,45). The summed E-state index contributed by atoms with van der Waals surface area (Å²) in [6, 6.07) is 14.7. The first-order chi connectivity index (χ1) is 22.2. The summed E-state index contributed by atoms with van der Waals surface area (Å²) in [5.74, 6) is -0.233. The summed E-state index contributed by atoms with van der Waals surface area (Å²) in [6.45, 7) is 1.71. The van der Waals surface area contributed by atoms with E-state index in [-0.39, 0.29) is 35.1 Å². The Morgan fingerprint density at radius 3 is 2.59 bits per heavy atom. The predicted octanol–water partition coefficient (Wildman–Crippen LogP) is 2.01. The Kier molecular flexibility index (Phi) is 7.24. The van der Waals surface area contributed by atoms with Gasteiger partial charge < -0.3 is 25.8 Å². The van der Waals surface area contributed by atoms with E-state index in [0.717, 1.165) is 41.0 Å². The molecule has 226 valence electrons. The molecule has 5 heterocycles. The third-order valence-corrected chi connectivity index (χ3v) is 8.70. The fourth-order valence-electron chi connectivity index (χ4n) is 6.01. The zero-order valence-electron chi connectivity index (χ0n) is 25.4. The average molecular weight is 609 g/mol. The molecule has 0 spiro atoms. The van der Waals surface area contributed by atoms with Crippen molar-refractivity contribution in [1.82, 2.24) is 35.2 Å². The Bertz CT molecular complexity index is 1910. The number of likely N-dealkylation sites (tertiary alicyclic amines) is 1. The SMILES string of the molecule is [B]C([B])(c1cccc(C#N)n1)N1CC(n2ncc3c2CN(C)c2c(Nc4cc(NC(=O)C5CC5)nnc4C(=O)NC)cccc2-3)C1. The third-order valence-electron chi connectivity index (χ3n) is 8.70. The largest absolute Gasteiger partial charge is 0.366 e. The molecule has 13 nitrogen and oxygen atoms in total. The smallest absolute Gasteiger partial charge is 0.273 e. The van der Waals surface area contributed by atoms with Gasteiger partial charge in [0.15, 0.2) is 11.5 Å². The second kappa shape index (κ2) is 11.3. The first kappa shape index (κ1) is 29.5. The molecule has 0 unspecified atom stereocenters. The summed E-state index contributed by atoms with van der Waals surface area (Å²) in [7, 11) is 16.5. The molecule has 4 aromatic rings. The first-order valence-electron chi connectivity index (χ1n) is 15.0. The molecule has 1 aromatic carbocycles. The highest BCUT2D eigenvalue weighted by atomic mass is 16.2. The normalized spacial score (nSPS) is 16.1. The van der Waals surface area contributed by atoms with E-state index in [1.54, 1.807) is 24.3 Å². The van der Waals surface area contributed by atoms with E-state index >= 15 is 0 Å². The fourth-order valence-corrected chi connectivity index (χ4v) is 6.01. The van der Waals surface area contributed by atoms with Crippen LogP contribution in [0.15, 0.2) is 48.7 Å². The molecular weight excluding hydrogens is 580 g/mol. The van der Waals surface area contributed by atoms with Crippen molar-refractivity contribution in [2.45, 2.75) is 30.8 Å². The van der Waals surface area contributed by atoms with Crippen molar-refractivity contribution in [1.29, 1.82) is 5.26 Å². The van der Waals surface area contributed by atoms with Gasteiger partial charge in [0, 0.05) is 56.0 Å². The van der Waals surface area contributed by atoms with Gasteiger partial charge in [-0.25, -0.2) is 4.98 Å². The van der Waals surface area contributed by atoms with Crippen molar-refractivity contribution in [2.24, 2.45) is 5.92 Å². The van der Waals surface area contributed by atoms with Crippen molar-refractivity contribution < 1.29 is 9.59 Å². The molecule has 7 rings (SSSR count). The molecule has 1 saturated carbocycles. The number of fused-ring (bicyclic) bond motifs is 3. The third kappa shape index (κ3) is 5.14. The molecule has 3 aromatic heterocycles. The van der Waals surface area contributed by atoms with Gasteiger partial charge in [-0.2, -0.15) is 10.4 Å². The van der Waals surface area contributed by atoms with Gasteiger partial charge in [-0.1, -0.05) is 18.2 Å². The minimum atomic E-state index is -1.32. The van der Waals surface area contributed by atoms with Crippen LogP contribution in [-0.4, -0.2) is 84.6 Å². The number of aromatic nitrogens is 5. The number of nitriles is 1. The van der Waals surface area contributed by atoms with E-state index in [1.165, 1.54) is 7.05 Å². The Labute approximate surface area is 268 Å². The average Bonchev–Trinajstić information content (AvgIpc) is 3.81. The van der Waals surface area contributed by atoms with Crippen molar-refractivity contribution in [3.05, 3.63) is 71.4 Å². The molecule has 3 N–H and O–H groups in total. The lowest BCUT2D eigenvalue weighted by atomic mass is 9.57. The highest BCUT2D eigenvalue weighted by Gasteiger charge is 2.41. The summed E-state index contributed by atoms with van der Waals surface area (Å²) in [5.41, 5.74) is 5.95.